The SMILES string of the molecule is CCCCCC1CCC(c2ccc(-c3ccc(OCCCCCCOC(=O)CCC(=O)OC4CC(C)(C)NC(C)(C)C4)cc3)cc2)CC1. The molecule has 1 aliphatic heterocycles. The molecule has 2 aromatic carbocycles. The fraction of sp³-hybridized carbons (Fsp3) is 0.667. The van der Waals surface area contributed by atoms with Crippen LogP contribution in [0.3, 0.4) is 0 Å². The molecule has 1 N–H and O–H groups in total. The first-order valence-corrected chi connectivity index (χ1v) is 19.0. The number of esters is 2. The maximum atomic E-state index is 12.3. The van der Waals surface area contributed by atoms with Crippen LogP contribution in [0.4, 0.5) is 0 Å². The number of benzene rings is 2. The predicted molar refractivity (Wildman–Crippen MR) is 195 cm³/mol. The predicted octanol–water partition coefficient (Wildman–Crippen LogP) is 10.3. The molecule has 2 aliphatic rings. The zero-order chi connectivity index (χ0) is 34.4. The van der Waals surface area contributed by atoms with Crippen LogP contribution >= 0.6 is 0 Å². The third-order valence-electron chi connectivity index (χ3n) is 10.2. The fourth-order valence-electron chi connectivity index (χ4n) is 7.93. The number of nitrogens with one attached hydrogen (secondary N) is 1. The van der Waals surface area contributed by atoms with Crippen molar-refractivity contribution in [1.29, 1.82) is 0 Å². The second kappa shape index (κ2) is 18.8. The Balaban J connectivity index is 1.02. The Labute approximate surface area is 291 Å². The van der Waals surface area contributed by atoms with Crippen LogP contribution in [0.15, 0.2) is 48.5 Å². The van der Waals surface area contributed by atoms with Gasteiger partial charge in [-0.2, -0.15) is 0 Å². The number of ether oxygens (including phenoxy) is 3. The topological polar surface area (TPSA) is 73.9 Å². The van der Waals surface area contributed by atoms with Gasteiger partial charge in [0.05, 0.1) is 26.1 Å². The Morgan fingerprint density at radius 2 is 1.29 bits per heavy atom. The molecule has 6 nitrogen and oxygen atoms in total. The number of unbranched alkanes of at least 4 members (excludes halogenated alkanes) is 5. The lowest BCUT2D eigenvalue weighted by Crippen LogP contribution is -2.59. The third-order valence-corrected chi connectivity index (χ3v) is 10.2. The van der Waals surface area contributed by atoms with E-state index in [2.05, 4.69) is 88.5 Å². The molecule has 1 aliphatic carbocycles. The van der Waals surface area contributed by atoms with Gasteiger partial charge in [-0.05, 0) is 120 Å². The van der Waals surface area contributed by atoms with Gasteiger partial charge >= 0.3 is 11.9 Å². The first-order valence-electron chi connectivity index (χ1n) is 19.0. The Kier molecular flexibility index (Phi) is 14.8. The summed E-state index contributed by atoms with van der Waals surface area (Å²) in [6.45, 7) is 11.8. The summed E-state index contributed by atoms with van der Waals surface area (Å²) in [5.74, 6) is 1.91. The quantitative estimate of drug-likeness (QED) is 0.127. The molecular formula is C42H63NO5. The molecule has 0 unspecified atom stereocenters. The lowest BCUT2D eigenvalue weighted by Gasteiger charge is -2.45. The Morgan fingerprint density at radius 3 is 1.92 bits per heavy atom. The maximum absolute atomic E-state index is 12.3. The van der Waals surface area contributed by atoms with Gasteiger partial charge < -0.3 is 19.5 Å². The number of carbonyl (C=O) groups is 2. The van der Waals surface area contributed by atoms with Gasteiger partial charge in [-0.15, -0.1) is 0 Å². The molecule has 6 heteroatoms. The normalized spacial score (nSPS) is 20.6. The van der Waals surface area contributed by atoms with Crippen LogP contribution in [0.2, 0.25) is 0 Å². The number of carbonyl (C=O) groups excluding carboxylic acids is 2. The highest BCUT2D eigenvalue weighted by molar-refractivity contribution is 5.77. The highest BCUT2D eigenvalue weighted by Gasteiger charge is 2.39. The second-order valence-electron chi connectivity index (χ2n) is 15.8. The number of hydrogen-bond acceptors (Lipinski definition) is 6. The summed E-state index contributed by atoms with van der Waals surface area (Å²) in [6, 6.07) is 17.7. The number of piperidine rings is 1. The van der Waals surface area contributed by atoms with Crippen molar-refractivity contribution in [2.24, 2.45) is 5.92 Å². The molecular weight excluding hydrogens is 598 g/mol. The first-order chi connectivity index (χ1) is 23.0. The van der Waals surface area contributed by atoms with Crippen molar-refractivity contribution >= 4 is 11.9 Å². The van der Waals surface area contributed by atoms with Gasteiger partial charge in [0.25, 0.3) is 0 Å². The largest absolute Gasteiger partial charge is 0.494 e. The van der Waals surface area contributed by atoms with Gasteiger partial charge in [0.15, 0.2) is 0 Å². The zero-order valence-electron chi connectivity index (χ0n) is 30.6. The summed E-state index contributed by atoms with van der Waals surface area (Å²) in [4.78, 5) is 24.4. The van der Waals surface area contributed by atoms with E-state index in [1.807, 2.05) is 0 Å². The second-order valence-corrected chi connectivity index (χ2v) is 15.8. The highest BCUT2D eigenvalue weighted by Crippen LogP contribution is 2.38. The molecule has 1 saturated carbocycles. The minimum absolute atomic E-state index is 0.0638. The van der Waals surface area contributed by atoms with Crippen molar-refractivity contribution in [2.45, 2.75) is 160 Å². The van der Waals surface area contributed by atoms with E-state index in [9.17, 15) is 9.59 Å². The van der Waals surface area contributed by atoms with E-state index in [0.29, 0.717) is 13.2 Å². The van der Waals surface area contributed by atoms with Gasteiger partial charge in [-0.25, -0.2) is 0 Å². The van der Waals surface area contributed by atoms with Crippen LogP contribution in [-0.4, -0.2) is 42.3 Å². The molecule has 2 aromatic rings. The first kappa shape index (κ1) is 38.0. The summed E-state index contributed by atoms with van der Waals surface area (Å²) in [5.41, 5.74) is 3.79. The van der Waals surface area contributed by atoms with Crippen molar-refractivity contribution in [3.63, 3.8) is 0 Å². The maximum Gasteiger partial charge on any atom is 0.306 e. The minimum atomic E-state index is -0.337. The van der Waals surface area contributed by atoms with Crippen molar-refractivity contribution in [2.75, 3.05) is 13.2 Å². The average Bonchev–Trinajstić information content (AvgIpc) is 3.04. The Morgan fingerprint density at radius 1 is 0.708 bits per heavy atom. The molecule has 0 radical (unpaired) electrons. The highest BCUT2D eigenvalue weighted by atomic mass is 16.5. The van der Waals surface area contributed by atoms with Gasteiger partial charge in [-0.1, -0.05) is 69.0 Å². The van der Waals surface area contributed by atoms with E-state index in [0.717, 1.165) is 56.1 Å². The van der Waals surface area contributed by atoms with Crippen LogP contribution in [-0.2, 0) is 19.1 Å². The summed E-state index contributed by atoms with van der Waals surface area (Å²) in [5, 5.41) is 3.59. The minimum Gasteiger partial charge on any atom is -0.494 e. The standard InChI is InChI=1S/C42H63NO5/c1-6-7-10-13-32-14-16-33(17-15-32)34-18-20-35(21-19-34)36-22-24-37(25-23-36)46-28-11-8-9-12-29-47-39(44)26-27-40(45)48-38-30-41(2,3)43-42(4,5)31-38/h18-25,32-33,38,43H,6-17,26-31H2,1-5H3. The summed E-state index contributed by atoms with van der Waals surface area (Å²) in [6.07, 6.45) is 16.3. The van der Waals surface area contributed by atoms with Crippen molar-refractivity contribution in [3.05, 3.63) is 54.1 Å². The molecule has 1 saturated heterocycles. The molecule has 0 spiro atoms. The van der Waals surface area contributed by atoms with E-state index >= 15 is 0 Å². The van der Waals surface area contributed by atoms with E-state index < -0.39 is 0 Å². The molecule has 0 aromatic heterocycles. The lowest BCUT2D eigenvalue weighted by molar-refractivity contribution is -0.156. The van der Waals surface area contributed by atoms with Crippen LogP contribution < -0.4 is 10.1 Å². The zero-order valence-corrected chi connectivity index (χ0v) is 30.6. The number of hydrogen-bond donors (Lipinski definition) is 1. The molecule has 0 atom stereocenters. The molecule has 266 valence electrons. The molecule has 0 amide bonds. The van der Waals surface area contributed by atoms with E-state index in [1.165, 1.54) is 68.1 Å². The fourth-order valence-corrected chi connectivity index (χ4v) is 7.93. The van der Waals surface area contributed by atoms with E-state index in [-0.39, 0.29) is 42.0 Å². The van der Waals surface area contributed by atoms with Crippen molar-refractivity contribution in [1.82, 2.24) is 5.32 Å². The number of rotatable bonds is 18. The molecule has 0 bridgehead atoms. The van der Waals surface area contributed by atoms with Crippen molar-refractivity contribution in [3.8, 4) is 16.9 Å². The Bertz CT molecular complexity index is 1230. The van der Waals surface area contributed by atoms with Gasteiger partial charge in [0.2, 0.25) is 0 Å². The van der Waals surface area contributed by atoms with Crippen LogP contribution in [0.25, 0.3) is 11.1 Å². The average molecular weight is 662 g/mol. The molecule has 48 heavy (non-hydrogen) atoms. The smallest absolute Gasteiger partial charge is 0.306 e. The lowest BCUT2D eigenvalue weighted by atomic mass is 9.77. The summed E-state index contributed by atoms with van der Waals surface area (Å²) in [7, 11) is 0. The van der Waals surface area contributed by atoms with Crippen molar-refractivity contribution < 1.29 is 23.8 Å². The summed E-state index contributed by atoms with van der Waals surface area (Å²) < 4.78 is 17.0. The van der Waals surface area contributed by atoms with Gasteiger partial charge in [0.1, 0.15) is 11.9 Å². The van der Waals surface area contributed by atoms with E-state index in [1.54, 1.807) is 0 Å². The van der Waals surface area contributed by atoms with Gasteiger partial charge in [-0.3, -0.25) is 9.59 Å². The molecule has 1 heterocycles. The summed E-state index contributed by atoms with van der Waals surface area (Å²) >= 11 is 0. The van der Waals surface area contributed by atoms with Crippen LogP contribution in [0.5, 0.6) is 5.75 Å². The van der Waals surface area contributed by atoms with Gasteiger partial charge in [0, 0.05) is 23.9 Å². The molecule has 4 rings (SSSR count). The molecule has 2 fully saturated rings. The third kappa shape index (κ3) is 13.2. The van der Waals surface area contributed by atoms with Crippen LogP contribution in [0, 0.1) is 5.92 Å². The van der Waals surface area contributed by atoms with E-state index in [4.69, 9.17) is 14.2 Å². The Hall–Kier alpha value is -2.86. The monoisotopic (exact) mass is 661 g/mol. The van der Waals surface area contributed by atoms with Crippen LogP contribution in [0.1, 0.15) is 149 Å².